The maximum Gasteiger partial charge on any atom is 0.387 e. The number of hydrogen-bond acceptors (Lipinski definition) is 9. The zero-order valence-electron chi connectivity index (χ0n) is 22.0. The molecule has 3 aromatic heterocycles. The molecule has 5 rings (SSSR count). The fourth-order valence-electron chi connectivity index (χ4n) is 4.78. The van der Waals surface area contributed by atoms with E-state index in [1.165, 1.54) is 46.0 Å². The second kappa shape index (κ2) is 12.8. The van der Waals surface area contributed by atoms with Crippen molar-refractivity contribution in [3.05, 3.63) is 59.6 Å². The quantitative estimate of drug-likeness (QED) is 0.200. The lowest BCUT2D eigenvalue weighted by Gasteiger charge is -2.35. The SMILES string of the molecule is O=C(O)CNC1CCN(C(O)Cn2cc(NC(=O)c3cnn4cccnc34)c(-c3cc(Cl)ccc3OC(F)F)n2)CC1. The molecule has 0 bridgehead atoms. The third-order valence-corrected chi connectivity index (χ3v) is 7.03. The van der Waals surface area contributed by atoms with Crippen LogP contribution in [-0.2, 0) is 11.3 Å². The molecule has 42 heavy (non-hydrogen) atoms. The summed E-state index contributed by atoms with van der Waals surface area (Å²) >= 11 is 6.18. The number of aliphatic hydroxyl groups excluding tert-OH is 1. The van der Waals surface area contributed by atoms with Gasteiger partial charge < -0.3 is 25.6 Å². The number of carbonyl (C=O) groups is 2. The van der Waals surface area contributed by atoms with Crippen LogP contribution < -0.4 is 15.4 Å². The van der Waals surface area contributed by atoms with E-state index in [0.29, 0.717) is 31.6 Å². The van der Waals surface area contributed by atoms with Gasteiger partial charge in [-0.05, 0) is 37.1 Å². The van der Waals surface area contributed by atoms with E-state index in [4.69, 9.17) is 21.4 Å². The number of carboxylic acids is 1. The number of anilines is 1. The molecule has 1 amide bonds. The normalized spacial score (nSPS) is 15.3. The van der Waals surface area contributed by atoms with Gasteiger partial charge in [0.05, 0.1) is 25.0 Å². The fraction of sp³-hybridized carbons (Fsp3) is 0.346. The van der Waals surface area contributed by atoms with Crippen molar-refractivity contribution in [3.8, 4) is 17.0 Å². The molecule has 16 heteroatoms. The Morgan fingerprint density at radius 1 is 1.24 bits per heavy atom. The number of benzene rings is 1. The number of amides is 1. The molecule has 222 valence electrons. The number of aliphatic carboxylic acids is 1. The number of carboxylic acid groups (broad SMARTS) is 1. The van der Waals surface area contributed by atoms with Gasteiger partial charge in [0.25, 0.3) is 5.91 Å². The summed E-state index contributed by atoms with van der Waals surface area (Å²) < 4.78 is 34.0. The average molecular weight is 605 g/mol. The first-order valence-electron chi connectivity index (χ1n) is 13.0. The number of aliphatic hydroxyl groups is 1. The lowest BCUT2D eigenvalue weighted by atomic mass is 10.0. The van der Waals surface area contributed by atoms with Gasteiger partial charge in [0.1, 0.15) is 23.2 Å². The Morgan fingerprint density at radius 2 is 2.02 bits per heavy atom. The molecule has 0 spiro atoms. The molecule has 0 radical (unpaired) electrons. The first-order chi connectivity index (χ1) is 20.2. The number of rotatable bonds is 11. The number of nitrogens with zero attached hydrogens (tertiary/aromatic N) is 6. The third kappa shape index (κ3) is 6.82. The van der Waals surface area contributed by atoms with Crippen molar-refractivity contribution in [2.75, 3.05) is 25.0 Å². The Bertz CT molecular complexity index is 1570. The average Bonchev–Trinajstić information content (AvgIpc) is 3.57. The number of aromatic nitrogens is 5. The minimum atomic E-state index is -3.12. The fourth-order valence-corrected chi connectivity index (χ4v) is 4.96. The number of nitrogens with one attached hydrogen (secondary N) is 2. The standard InChI is InChI=1S/C26H27ClF2N8O5/c27-15-2-3-20(42-26(28)29)17(10-15)23-19(33-25(41)18-11-32-37-7-1-6-30-24(18)37)13-36(34-23)14-21(38)35-8-4-16(5-9-35)31-12-22(39)40/h1-3,6-7,10-11,13,16,21,26,31,38H,4-5,8-9,12,14H2,(H,33,41)(H,39,40). The molecule has 4 N–H and O–H groups in total. The van der Waals surface area contributed by atoms with Crippen LogP contribution in [0.4, 0.5) is 14.5 Å². The molecule has 4 heterocycles. The highest BCUT2D eigenvalue weighted by molar-refractivity contribution is 6.31. The van der Waals surface area contributed by atoms with Crippen LogP contribution in [0.25, 0.3) is 16.9 Å². The van der Waals surface area contributed by atoms with E-state index in [2.05, 4.69) is 25.8 Å². The molecule has 0 aliphatic carbocycles. The number of ether oxygens (including phenoxy) is 1. The van der Waals surface area contributed by atoms with E-state index < -0.39 is 24.7 Å². The second-order valence-electron chi connectivity index (χ2n) is 9.60. The minimum Gasteiger partial charge on any atom is -0.480 e. The van der Waals surface area contributed by atoms with Crippen LogP contribution >= 0.6 is 11.6 Å². The molecule has 1 saturated heterocycles. The van der Waals surface area contributed by atoms with Crippen LogP contribution in [0.5, 0.6) is 5.75 Å². The van der Waals surface area contributed by atoms with Crippen LogP contribution in [0.1, 0.15) is 23.2 Å². The van der Waals surface area contributed by atoms with Crippen molar-refractivity contribution in [3.63, 3.8) is 0 Å². The van der Waals surface area contributed by atoms with Crippen LogP contribution in [0.15, 0.2) is 49.1 Å². The van der Waals surface area contributed by atoms with E-state index in [1.54, 1.807) is 12.3 Å². The number of halogens is 3. The van der Waals surface area contributed by atoms with Crippen LogP contribution in [0.2, 0.25) is 5.02 Å². The van der Waals surface area contributed by atoms with Gasteiger partial charge in [-0.1, -0.05) is 11.6 Å². The van der Waals surface area contributed by atoms with Gasteiger partial charge in [-0.3, -0.25) is 19.2 Å². The van der Waals surface area contributed by atoms with Crippen molar-refractivity contribution in [2.45, 2.75) is 38.3 Å². The molecule has 13 nitrogen and oxygen atoms in total. The molecule has 4 aromatic rings. The Morgan fingerprint density at radius 3 is 2.76 bits per heavy atom. The summed E-state index contributed by atoms with van der Waals surface area (Å²) in [6, 6.07) is 5.74. The van der Waals surface area contributed by atoms with E-state index in [0.717, 1.165) is 0 Å². The molecular weight excluding hydrogens is 578 g/mol. The largest absolute Gasteiger partial charge is 0.480 e. The lowest BCUT2D eigenvalue weighted by molar-refractivity contribution is -0.136. The smallest absolute Gasteiger partial charge is 0.387 e. The molecular formula is C26H27ClF2N8O5. The maximum absolute atomic E-state index is 13.3. The zero-order valence-corrected chi connectivity index (χ0v) is 22.8. The second-order valence-corrected chi connectivity index (χ2v) is 10.0. The van der Waals surface area contributed by atoms with E-state index in [9.17, 15) is 23.5 Å². The molecule has 1 aliphatic rings. The number of alkyl halides is 2. The zero-order chi connectivity index (χ0) is 29.8. The molecule has 1 aliphatic heterocycles. The highest BCUT2D eigenvalue weighted by Crippen LogP contribution is 2.37. The minimum absolute atomic E-state index is 0.0139. The Hall–Kier alpha value is -4.18. The van der Waals surface area contributed by atoms with Crippen LogP contribution in [0.3, 0.4) is 0 Å². The highest BCUT2D eigenvalue weighted by Gasteiger charge is 2.26. The van der Waals surface area contributed by atoms with Gasteiger partial charge in [0, 0.05) is 48.3 Å². The predicted molar refractivity (Wildman–Crippen MR) is 146 cm³/mol. The first kappa shape index (κ1) is 29.3. The number of piperidine rings is 1. The van der Waals surface area contributed by atoms with Gasteiger partial charge in [-0.2, -0.15) is 19.0 Å². The number of fused-ring (bicyclic) bond motifs is 1. The van der Waals surface area contributed by atoms with E-state index in [-0.39, 0.29) is 52.4 Å². The molecule has 1 atom stereocenters. The van der Waals surface area contributed by atoms with Crippen molar-refractivity contribution in [1.82, 2.24) is 34.6 Å². The number of likely N-dealkylation sites (tertiary alicyclic amines) is 1. The molecule has 1 aromatic carbocycles. The number of carbonyl (C=O) groups excluding carboxylic acids is 1. The van der Waals surface area contributed by atoms with E-state index >= 15 is 0 Å². The summed E-state index contributed by atoms with van der Waals surface area (Å²) in [6.07, 6.45) is 6.29. The van der Waals surface area contributed by atoms with Gasteiger partial charge in [0.15, 0.2) is 5.65 Å². The van der Waals surface area contributed by atoms with Crippen LogP contribution in [0, 0.1) is 0 Å². The van der Waals surface area contributed by atoms with Crippen molar-refractivity contribution >= 4 is 34.8 Å². The molecule has 0 saturated carbocycles. The van der Waals surface area contributed by atoms with E-state index in [1.807, 2.05) is 4.90 Å². The summed E-state index contributed by atoms with van der Waals surface area (Å²) in [5.41, 5.74) is 0.832. The summed E-state index contributed by atoms with van der Waals surface area (Å²) in [4.78, 5) is 30.1. The summed E-state index contributed by atoms with van der Waals surface area (Å²) in [5.74, 6) is -1.71. The predicted octanol–water partition coefficient (Wildman–Crippen LogP) is 2.56. The van der Waals surface area contributed by atoms with Gasteiger partial charge in [-0.15, -0.1) is 0 Å². The monoisotopic (exact) mass is 604 g/mol. The lowest BCUT2D eigenvalue weighted by Crippen LogP contribution is -2.48. The van der Waals surface area contributed by atoms with Crippen molar-refractivity contribution in [1.29, 1.82) is 0 Å². The maximum atomic E-state index is 13.3. The van der Waals surface area contributed by atoms with Crippen molar-refractivity contribution < 1.29 is 33.3 Å². The third-order valence-electron chi connectivity index (χ3n) is 6.79. The highest BCUT2D eigenvalue weighted by atomic mass is 35.5. The summed E-state index contributed by atoms with van der Waals surface area (Å²) in [7, 11) is 0. The summed E-state index contributed by atoms with van der Waals surface area (Å²) in [5, 5.41) is 34.4. The van der Waals surface area contributed by atoms with Crippen molar-refractivity contribution in [2.24, 2.45) is 0 Å². The van der Waals surface area contributed by atoms with Gasteiger partial charge in [0.2, 0.25) is 0 Å². The Labute approximate surface area is 242 Å². The Balaban J connectivity index is 1.40. The topological polar surface area (TPSA) is 159 Å². The molecule has 1 unspecified atom stereocenters. The Kier molecular flexibility index (Phi) is 8.91. The van der Waals surface area contributed by atoms with Gasteiger partial charge >= 0.3 is 12.6 Å². The molecule has 1 fully saturated rings. The van der Waals surface area contributed by atoms with Gasteiger partial charge in [-0.25, -0.2) is 9.50 Å². The first-order valence-corrected chi connectivity index (χ1v) is 13.3. The number of hydrogen-bond donors (Lipinski definition) is 4. The van der Waals surface area contributed by atoms with Crippen LogP contribution in [-0.4, -0.2) is 89.9 Å². The summed E-state index contributed by atoms with van der Waals surface area (Å²) in [6.45, 7) is -2.24.